The van der Waals surface area contributed by atoms with Crippen LogP contribution in [-0.4, -0.2) is 39.8 Å². The number of guanidine groups is 1. The van der Waals surface area contributed by atoms with Gasteiger partial charge in [-0.3, -0.25) is 4.99 Å². The molecule has 0 aliphatic heterocycles. The van der Waals surface area contributed by atoms with Gasteiger partial charge in [-0.15, -0.1) is 24.0 Å². The lowest BCUT2D eigenvalue weighted by atomic mass is 10.1. The van der Waals surface area contributed by atoms with E-state index in [9.17, 15) is 8.42 Å². The molecule has 0 saturated heterocycles. The van der Waals surface area contributed by atoms with Gasteiger partial charge in [-0.2, -0.15) is 0 Å². The minimum atomic E-state index is -3.13. The Kier molecular flexibility index (Phi) is 12.3. The first-order valence-electron chi connectivity index (χ1n) is 9.50. The maximum atomic E-state index is 12.2. The molecule has 2 N–H and O–H groups in total. The number of hydrogen-bond donors (Lipinski definition) is 2. The minimum Gasteiger partial charge on any atom is -0.357 e. The zero-order valence-electron chi connectivity index (χ0n) is 16.6. The number of halogens is 2. The highest BCUT2D eigenvalue weighted by atomic mass is 127. The SMILES string of the molecule is CCNC(=NCCCS(=O)(=O)Cc1ccccc1)NCCc1ccccc1Cl.I. The van der Waals surface area contributed by atoms with Gasteiger partial charge in [-0.1, -0.05) is 60.1 Å². The van der Waals surface area contributed by atoms with Crippen molar-refractivity contribution in [2.75, 3.05) is 25.4 Å². The first-order chi connectivity index (χ1) is 13.5. The highest BCUT2D eigenvalue weighted by Crippen LogP contribution is 2.14. The monoisotopic (exact) mass is 549 g/mol. The summed E-state index contributed by atoms with van der Waals surface area (Å²) >= 11 is 6.17. The molecule has 0 atom stereocenters. The molecular formula is C21H29ClIN3O2S. The summed E-state index contributed by atoms with van der Waals surface area (Å²) in [4.78, 5) is 4.47. The van der Waals surface area contributed by atoms with Crippen LogP contribution in [0, 0.1) is 0 Å². The van der Waals surface area contributed by atoms with E-state index in [1.807, 2.05) is 61.5 Å². The van der Waals surface area contributed by atoms with Gasteiger partial charge >= 0.3 is 0 Å². The van der Waals surface area contributed by atoms with Crippen LogP contribution in [0.5, 0.6) is 0 Å². The van der Waals surface area contributed by atoms with E-state index < -0.39 is 9.84 Å². The molecule has 2 rings (SSSR count). The molecule has 0 aliphatic rings. The molecule has 160 valence electrons. The van der Waals surface area contributed by atoms with Crippen molar-refractivity contribution < 1.29 is 8.42 Å². The maximum absolute atomic E-state index is 12.2. The van der Waals surface area contributed by atoms with Crippen LogP contribution in [0.1, 0.15) is 24.5 Å². The van der Waals surface area contributed by atoms with E-state index >= 15 is 0 Å². The van der Waals surface area contributed by atoms with E-state index in [0.717, 1.165) is 29.1 Å². The first kappa shape index (κ1) is 25.7. The quantitative estimate of drug-likeness (QED) is 0.203. The Balaban J connectivity index is 0.00000420. The Labute approximate surface area is 196 Å². The summed E-state index contributed by atoms with van der Waals surface area (Å²) in [7, 11) is -3.13. The smallest absolute Gasteiger partial charge is 0.191 e. The van der Waals surface area contributed by atoms with Crippen LogP contribution >= 0.6 is 35.6 Å². The van der Waals surface area contributed by atoms with E-state index in [1.54, 1.807) is 0 Å². The molecule has 2 aromatic carbocycles. The zero-order chi connectivity index (χ0) is 20.2. The van der Waals surface area contributed by atoms with Gasteiger partial charge in [0.2, 0.25) is 0 Å². The summed E-state index contributed by atoms with van der Waals surface area (Å²) in [5, 5.41) is 7.20. The molecule has 0 radical (unpaired) electrons. The second kappa shape index (κ2) is 13.8. The molecule has 0 aliphatic carbocycles. The van der Waals surface area contributed by atoms with Gasteiger partial charge in [-0.05, 0) is 37.0 Å². The second-order valence-electron chi connectivity index (χ2n) is 6.46. The van der Waals surface area contributed by atoms with Crippen LogP contribution in [-0.2, 0) is 22.0 Å². The van der Waals surface area contributed by atoms with Gasteiger partial charge in [0.05, 0.1) is 11.5 Å². The third kappa shape index (κ3) is 10.3. The molecule has 0 bridgehead atoms. The predicted octanol–water partition coefficient (Wildman–Crippen LogP) is 4.06. The van der Waals surface area contributed by atoms with Crippen molar-refractivity contribution in [1.29, 1.82) is 0 Å². The summed E-state index contributed by atoms with van der Waals surface area (Å²) in [6, 6.07) is 17.0. The normalized spacial score (nSPS) is 11.6. The van der Waals surface area contributed by atoms with Gasteiger partial charge in [-0.25, -0.2) is 8.42 Å². The van der Waals surface area contributed by atoms with Crippen molar-refractivity contribution >= 4 is 51.4 Å². The fourth-order valence-corrected chi connectivity index (χ4v) is 4.38. The second-order valence-corrected chi connectivity index (χ2v) is 9.05. The Hall–Kier alpha value is -1.32. The number of nitrogens with zero attached hydrogens (tertiary/aromatic N) is 1. The van der Waals surface area contributed by atoms with Gasteiger partial charge in [0, 0.05) is 24.7 Å². The number of sulfone groups is 1. The summed E-state index contributed by atoms with van der Waals surface area (Å²) in [5.74, 6) is 0.896. The number of nitrogens with one attached hydrogen (secondary N) is 2. The molecular weight excluding hydrogens is 521 g/mol. The molecule has 0 fully saturated rings. The Bertz CT molecular complexity index is 861. The van der Waals surface area contributed by atoms with Crippen LogP contribution < -0.4 is 10.6 Å². The van der Waals surface area contributed by atoms with Gasteiger partial charge in [0.1, 0.15) is 0 Å². The zero-order valence-corrected chi connectivity index (χ0v) is 20.5. The number of benzene rings is 2. The van der Waals surface area contributed by atoms with Crippen molar-refractivity contribution in [3.05, 3.63) is 70.7 Å². The molecule has 5 nitrogen and oxygen atoms in total. The van der Waals surface area contributed by atoms with Crippen molar-refractivity contribution in [3.63, 3.8) is 0 Å². The highest BCUT2D eigenvalue weighted by Gasteiger charge is 2.11. The molecule has 0 saturated carbocycles. The van der Waals surface area contributed by atoms with Gasteiger partial charge in [0.15, 0.2) is 15.8 Å². The number of aliphatic imine (C=N–C) groups is 1. The Morgan fingerprint density at radius 2 is 1.72 bits per heavy atom. The summed E-state index contributed by atoms with van der Waals surface area (Å²) in [5.41, 5.74) is 1.90. The predicted molar refractivity (Wildman–Crippen MR) is 133 cm³/mol. The lowest BCUT2D eigenvalue weighted by Gasteiger charge is -2.12. The van der Waals surface area contributed by atoms with Crippen LogP contribution in [0.3, 0.4) is 0 Å². The van der Waals surface area contributed by atoms with Crippen LogP contribution in [0.15, 0.2) is 59.6 Å². The Morgan fingerprint density at radius 1 is 1.03 bits per heavy atom. The highest BCUT2D eigenvalue weighted by molar-refractivity contribution is 14.0. The van der Waals surface area contributed by atoms with Crippen LogP contribution in [0.4, 0.5) is 0 Å². The van der Waals surface area contributed by atoms with E-state index in [0.29, 0.717) is 25.5 Å². The largest absolute Gasteiger partial charge is 0.357 e. The van der Waals surface area contributed by atoms with Crippen molar-refractivity contribution in [3.8, 4) is 0 Å². The molecule has 8 heteroatoms. The first-order valence-corrected chi connectivity index (χ1v) is 11.7. The van der Waals surface area contributed by atoms with Crippen molar-refractivity contribution in [1.82, 2.24) is 10.6 Å². The Morgan fingerprint density at radius 3 is 2.41 bits per heavy atom. The van der Waals surface area contributed by atoms with E-state index in [1.165, 1.54) is 0 Å². The molecule has 0 spiro atoms. The number of rotatable bonds is 10. The van der Waals surface area contributed by atoms with Crippen LogP contribution in [0.2, 0.25) is 5.02 Å². The molecule has 29 heavy (non-hydrogen) atoms. The standard InChI is InChI=1S/C21H28ClN3O2S.HI/c1-2-23-21(25-15-13-19-11-6-7-12-20(19)22)24-14-8-16-28(26,27)17-18-9-4-3-5-10-18;/h3-7,9-12H,2,8,13-17H2,1H3,(H2,23,24,25);1H. The van der Waals surface area contributed by atoms with E-state index in [4.69, 9.17) is 11.6 Å². The lowest BCUT2D eigenvalue weighted by molar-refractivity contribution is 0.592. The summed E-state index contributed by atoms with van der Waals surface area (Å²) < 4.78 is 24.5. The molecule has 2 aromatic rings. The number of hydrogen-bond acceptors (Lipinski definition) is 3. The van der Waals surface area contributed by atoms with Crippen molar-refractivity contribution in [2.24, 2.45) is 4.99 Å². The minimum absolute atomic E-state index is 0. The van der Waals surface area contributed by atoms with Gasteiger partial charge < -0.3 is 10.6 Å². The summed E-state index contributed by atoms with van der Waals surface area (Å²) in [6.07, 6.45) is 1.28. The van der Waals surface area contributed by atoms with E-state index in [2.05, 4.69) is 15.6 Å². The maximum Gasteiger partial charge on any atom is 0.191 e. The topological polar surface area (TPSA) is 70.6 Å². The molecule has 0 amide bonds. The fraction of sp³-hybridized carbons (Fsp3) is 0.381. The third-order valence-corrected chi connectivity index (χ3v) is 6.15. The lowest BCUT2D eigenvalue weighted by Crippen LogP contribution is -2.38. The van der Waals surface area contributed by atoms with Crippen LogP contribution in [0.25, 0.3) is 0 Å². The van der Waals surface area contributed by atoms with Crippen molar-refractivity contribution in [2.45, 2.75) is 25.5 Å². The third-order valence-electron chi connectivity index (χ3n) is 4.10. The van der Waals surface area contributed by atoms with E-state index in [-0.39, 0.29) is 35.5 Å². The average molecular weight is 550 g/mol. The van der Waals surface area contributed by atoms with Gasteiger partial charge in [0.25, 0.3) is 0 Å². The average Bonchev–Trinajstić information content (AvgIpc) is 2.67. The summed E-state index contributed by atoms with van der Waals surface area (Å²) in [6.45, 7) is 3.89. The molecule has 0 aromatic heterocycles. The molecule has 0 heterocycles. The fourth-order valence-electron chi connectivity index (χ4n) is 2.73. The molecule has 0 unspecified atom stereocenters.